The van der Waals surface area contributed by atoms with E-state index in [0.29, 0.717) is 0 Å². The van der Waals surface area contributed by atoms with Gasteiger partial charge in [0.1, 0.15) is 33.9 Å². The molecule has 0 radical (unpaired) electrons. The average Bonchev–Trinajstić information content (AvgIpc) is 2.50. The van der Waals surface area contributed by atoms with Gasteiger partial charge in [0.2, 0.25) is 11.2 Å². The fourth-order valence-corrected chi connectivity index (χ4v) is 2.21. The third kappa shape index (κ3) is 2.22. The van der Waals surface area contributed by atoms with Crippen LogP contribution in [0.5, 0.6) is 23.0 Å². The highest BCUT2D eigenvalue weighted by Gasteiger charge is 2.19. The molecule has 1 heterocycles. The average molecular weight is 315 g/mol. The van der Waals surface area contributed by atoms with Crippen LogP contribution in [0.4, 0.5) is 5.69 Å². The smallest absolute Gasteiger partial charge is 0.238 e. The van der Waals surface area contributed by atoms with Gasteiger partial charge >= 0.3 is 0 Å². The van der Waals surface area contributed by atoms with Crippen molar-refractivity contribution in [2.45, 2.75) is 0 Å². The Labute approximate surface area is 127 Å². The quantitative estimate of drug-likeness (QED) is 0.533. The second-order valence-electron chi connectivity index (χ2n) is 4.74. The predicted octanol–water partition coefficient (Wildman–Crippen LogP) is 2.68. The molecule has 0 spiro atoms. The van der Waals surface area contributed by atoms with Crippen LogP contribution in [-0.4, -0.2) is 20.4 Å². The van der Waals surface area contributed by atoms with E-state index in [1.807, 2.05) is 0 Å². The van der Waals surface area contributed by atoms with Crippen molar-refractivity contribution in [1.82, 2.24) is 0 Å². The highest BCUT2D eigenvalue weighted by Crippen LogP contribution is 2.37. The zero-order chi connectivity index (χ0) is 16.7. The Bertz CT molecular complexity index is 1010. The maximum Gasteiger partial charge on any atom is 0.238 e. The summed E-state index contributed by atoms with van der Waals surface area (Å²) in [6.07, 6.45) is 0. The van der Waals surface area contributed by atoms with Crippen molar-refractivity contribution in [1.29, 1.82) is 0 Å². The van der Waals surface area contributed by atoms with Gasteiger partial charge in [-0.2, -0.15) is 0 Å². The van der Waals surface area contributed by atoms with Gasteiger partial charge in [0.25, 0.3) is 0 Å². The number of hydrogen-bond acceptors (Lipinski definition) is 8. The molecule has 0 fully saturated rings. The van der Waals surface area contributed by atoms with Crippen molar-refractivity contribution in [3.8, 4) is 34.3 Å². The van der Waals surface area contributed by atoms with Crippen LogP contribution in [0.3, 0.4) is 0 Å². The minimum atomic E-state index is -0.907. The number of aromatic hydroxyl groups is 4. The molecule has 0 atom stereocenters. The number of rotatable bonds is 2. The summed E-state index contributed by atoms with van der Waals surface area (Å²) >= 11 is 0. The van der Waals surface area contributed by atoms with Crippen LogP contribution in [0.15, 0.2) is 44.7 Å². The van der Waals surface area contributed by atoms with Crippen LogP contribution in [0, 0.1) is 4.91 Å². The van der Waals surface area contributed by atoms with Crippen LogP contribution in [-0.2, 0) is 0 Å². The van der Waals surface area contributed by atoms with E-state index in [0.717, 1.165) is 18.2 Å². The maximum absolute atomic E-state index is 12.2. The Morgan fingerprint density at radius 2 is 1.70 bits per heavy atom. The number of nitroso groups, excluding NO2 is 1. The van der Waals surface area contributed by atoms with Crippen LogP contribution >= 0.6 is 0 Å². The molecule has 4 N–H and O–H groups in total. The molecule has 3 rings (SSSR count). The summed E-state index contributed by atoms with van der Waals surface area (Å²) in [5.74, 6) is -2.42. The molecule has 2 aromatic carbocycles. The topological polar surface area (TPSA) is 141 Å². The van der Waals surface area contributed by atoms with Crippen LogP contribution in [0.25, 0.3) is 22.3 Å². The van der Waals surface area contributed by atoms with Gasteiger partial charge in [-0.05, 0) is 23.4 Å². The molecule has 8 heteroatoms. The highest BCUT2D eigenvalue weighted by molar-refractivity contribution is 5.88. The molecule has 0 bridgehead atoms. The fourth-order valence-electron chi connectivity index (χ4n) is 2.21. The monoisotopic (exact) mass is 315 g/mol. The Balaban J connectivity index is 2.34. The first-order chi connectivity index (χ1) is 10.9. The van der Waals surface area contributed by atoms with E-state index < -0.39 is 22.7 Å². The molecule has 0 aliphatic carbocycles. The van der Waals surface area contributed by atoms with Gasteiger partial charge in [0.05, 0.1) is 0 Å². The number of phenols is 3. The van der Waals surface area contributed by atoms with Gasteiger partial charge in [-0.15, -0.1) is 4.91 Å². The first-order valence-electron chi connectivity index (χ1n) is 6.31. The maximum atomic E-state index is 12.2. The SMILES string of the molecule is O=Nc1ccc(-c2oc3cc(O)cc(O)c3c(=O)c2O)cc1O. The zero-order valence-electron chi connectivity index (χ0n) is 11.3. The minimum absolute atomic E-state index is 0.106. The summed E-state index contributed by atoms with van der Waals surface area (Å²) in [6.45, 7) is 0. The molecule has 0 aliphatic heterocycles. The van der Waals surface area contributed by atoms with Crippen molar-refractivity contribution >= 4 is 16.7 Å². The normalized spacial score (nSPS) is 10.8. The number of nitrogens with zero attached hydrogens (tertiary/aromatic N) is 1. The van der Waals surface area contributed by atoms with E-state index in [4.69, 9.17) is 4.42 Å². The molecule has 0 saturated carbocycles. The molecule has 23 heavy (non-hydrogen) atoms. The van der Waals surface area contributed by atoms with Gasteiger partial charge in [0.15, 0.2) is 5.76 Å². The van der Waals surface area contributed by atoms with E-state index in [1.165, 1.54) is 12.1 Å². The van der Waals surface area contributed by atoms with Crippen molar-refractivity contribution < 1.29 is 24.8 Å². The fraction of sp³-hybridized carbons (Fsp3) is 0. The molecule has 0 aliphatic rings. The Kier molecular flexibility index (Phi) is 3.14. The van der Waals surface area contributed by atoms with Crippen molar-refractivity contribution in [2.24, 2.45) is 5.18 Å². The third-order valence-corrected chi connectivity index (χ3v) is 3.27. The van der Waals surface area contributed by atoms with Gasteiger partial charge in [-0.25, -0.2) is 0 Å². The predicted molar refractivity (Wildman–Crippen MR) is 80.0 cm³/mol. The van der Waals surface area contributed by atoms with Crippen molar-refractivity contribution in [3.63, 3.8) is 0 Å². The largest absolute Gasteiger partial charge is 0.508 e. The highest BCUT2D eigenvalue weighted by atomic mass is 16.4. The minimum Gasteiger partial charge on any atom is -0.508 e. The molecule has 0 saturated heterocycles. The molecule has 3 aromatic rings. The van der Waals surface area contributed by atoms with E-state index >= 15 is 0 Å². The second-order valence-corrected chi connectivity index (χ2v) is 4.74. The lowest BCUT2D eigenvalue weighted by molar-refractivity contribution is 0.438. The van der Waals surface area contributed by atoms with E-state index in [2.05, 4.69) is 5.18 Å². The molecular weight excluding hydrogens is 306 g/mol. The number of hydrogen-bond donors (Lipinski definition) is 4. The van der Waals surface area contributed by atoms with E-state index in [-0.39, 0.29) is 33.7 Å². The Morgan fingerprint density at radius 3 is 2.35 bits per heavy atom. The Morgan fingerprint density at radius 1 is 0.957 bits per heavy atom. The summed E-state index contributed by atoms with van der Waals surface area (Å²) in [4.78, 5) is 22.6. The van der Waals surface area contributed by atoms with Crippen LogP contribution < -0.4 is 5.43 Å². The molecule has 0 amide bonds. The van der Waals surface area contributed by atoms with E-state index in [1.54, 1.807) is 0 Å². The van der Waals surface area contributed by atoms with Gasteiger partial charge in [-0.1, -0.05) is 0 Å². The first kappa shape index (κ1) is 14.4. The summed E-state index contributed by atoms with van der Waals surface area (Å²) < 4.78 is 5.36. The summed E-state index contributed by atoms with van der Waals surface area (Å²) in [5.41, 5.74) is -1.17. The summed E-state index contributed by atoms with van der Waals surface area (Å²) in [5, 5.41) is 41.1. The number of fused-ring (bicyclic) bond motifs is 1. The molecule has 1 aromatic heterocycles. The zero-order valence-corrected chi connectivity index (χ0v) is 11.3. The van der Waals surface area contributed by atoms with Gasteiger partial charge in [0, 0.05) is 17.7 Å². The summed E-state index contributed by atoms with van der Waals surface area (Å²) in [6, 6.07) is 5.61. The van der Waals surface area contributed by atoms with Crippen LogP contribution in [0.1, 0.15) is 0 Å². The standard InChI is InChI=1S/C15H9NO7/c17-7-4-10(19)12-11(5-7)23-15(14(21)13(12)20)6-1-2-8(16-22)9(18)3-6/h1-5,17-19,21H. The van der Waals surface area contributed by atoms with E-state index in [9.17, 15) is 30.1 Å². The molecule has 8 nitrogen and oxygen atoms in total. The Hall–Kier alpha value is -3.55. The van der Waals surface area contributed by atoms with Gasteiger partial charge < -0.3 is 24.8 Å². The summed E-state index contributed by atoms with van der Waals surface area (Å²) in [7, 11) is 0. The molecular formula is C15H9NO7. The number of phenolic OH excluding ortho intramolecular Hbond substituents is 3. The lowest BCUT2D eigenvalue weighted by Crippen LogP contribution is -2.02. The van der Waals surface area contributed by atoms with Gasteiger partial charge in [-0.3, -0.25) is 4.79 Å². The molecule has 0 unspecified atom stereocenters. The lowest BCUT2D eigenvalue weighted by atomic mass is 10.1. The van der Waals surface area contributed by atoms with Crippen LogP contribution in [0.2, 0.25) is 0 Å². The third-order valence-electron chi connectivity index (χ3n) is 3.27. The van der Waals surface area contributed by atoms with Crippen molar-refractivity contribution in [3.05, 3.63) is 45.5 Å². The molecule has 116 valence electrons. The number of benzene rings is 2. The second kappa shape index (κ2) is 5.02. The first-order valence-corrected chi connectivity index (χ1v) is 6.31. The lowest BCUT2D eigenvalue weighted by Gasteiger charge is -2.08. The van der Waals surface area contributed by atoms with Crippen molar-refractivity contribution in [2.75, 3.05) is 0 Å².